The molecule has 0 spiro atoms. The first kappa shape index (κ1) is 23.4. The average molecular weight is 472 g/mol. The molecule has 7 nitrogen and oxygen atoms in total. The van der Waals surface area contributed by atoms with Crippen molar-refractivity contribution in [1.29, 1.82) is 0 Å². The van der Waals surface area contributed by atoms with Crippen LogP contribution in [0.3, 0.4) is 0 Å². The number of nitrogens with zero attached hydrogens (tertiary/aromatic N) is 3. The van der Waals surface area contributed by atoms with Gasteiger partial charge in [-0.15, -0.1) is 0 Å². The minimum absolute atomic E-state index is 0.0827. The molecule has 4 rings (SSSR count). The van der Waals surface area contributed by atoms with Gasteiger partial charge in [-0.1, -0.05) is 17.7 Å². The molecule has 2 atom stereocenters. The third kappa shape index (κ3) is 4.94. The van der Waals surface area contributed by atoms with Crippen LogP contribution in [0.5, 0.6) is 11.5 Å². The fourth-order valence-corrected chi connectivity index (χ4v) is 4.92. The Balaban J connectivity index is 1.67. The summed E-state index contributed by atoms with van der Waals surface area (Å²) in [7, 11) is 5.29. The molecule has 0 saturated carbocycles. The number of piperazine rings is 1. The number of likely N-dealkylation sites (tertiary alicyclic amines) is 1. The van der Waals surface area contributed by atoms with Gasteiger partial charge in [0.15, 0.2) is 0 Å². The molecular weight excluding hydrogens is 442 g/mol. The standard InChI is InChI=1S/C25H30ClN3O4/c1-27-9-11-28(12-10-27)25(31)22-16-29(24(30)17-5-4-6-18(26)13-17)15-21(22)20-14-19(32-2)7-8-23(20)33-3/h4-8,13-14,21-22H,9-12,15-16H2,1-3H3/t21-,22+/m1/s1. The number of benzene rings is 2. The number of rotatable bonds is 5. The molecular formula is C25H30ClN3O4. The Morgan fingerprint density at radius 3 is 2.36 bits per heavy atom. The van der Waals surface area contributed by atoms with E-state index >= 15 is 0 Å². The minimum atomic E-state index is -0.363. The van der Waals surface area contributed by atoms with Crippen LogP contribution < -0.4 is 9.47 Å². The van der Waals surface area contributed by atoms with Crippen LogP contribution in [-0.4, -0.2) is 87.0 Å². The molecule has 2 saturated heterocycles. The summed E-state index contributed by atoms with van der Waals surface area (Å²) >= 11 is 6.12. The Labute approximate surface area is 199 Å². The normalized spacial score (nSPS) is 21.2. The van der Waals surface area contributed by atoms with Gasteiger partial charge < -0.3 is 24.2 Å². The van der Waals surface area contributed by atoms with Crippen LogP contribution >= 0.6 is 11.6 Å². The molecule has 176 valence electrons. The van der Waals surface area contributed by atoms with Crippen molar-refractivity contribution in [3.63, 3.8) is 0 Å². The number of ether oxygens (including phenoxy) is 2. The van der Waals surface area contributed by atoms with Crippen molar-refractivity contribution in [3.8, 4) is 11.5 Å². The molecule has 2 aromatic carbocycles. The maximum absolute atomic E-state index is 13.7. The fourth-order valence-electron chi connectivity index (χ4n) is 4.73. The van der Waals surface area contributed by atoms with E-state index in [1.165, 1.54) is 0 Å². The summed E-state index contributed by atoms with van der Waals surface area (Å²) < 4.78 is 11.1. The molecule has 0 bridgehead atoms. The number of carbonyl (C=O) groups is 2. The van der Waals surface area contributed by atoms with Crippen molar-refractivity contribution in [2.75, 3.05) is 60.5 Å². The van der Waals surface area contributed by atoms with Crippen molar-refractivity contribution in [3.05, 3.63) is 58.6 Å². The number of amides is 2. The Morgan fingerprint density at radius 2 is 1.70 bits per heavy atom. The van der Waals surface area contributed by atoms with E-state index in [1.54, 1.807) is 43.4 Å². The van der Waals surface area contributed by atoms with E-state index < -0.39 is 0 Å². The average Bonchev–Trinajstić information content (AvgIpc) is 3.28. The molecule has 2 heterocycles. The first-order valence-electron chi connectivity index (χ1n) is 11.2. The van der Waals surface area contributed by atoms with Crippen LogP contribution in [0.4, 0.5) is 0 Å². The molecule has 2 aromatic rings. The van der Waals surface area contributed by atoms with E-state index in [-0.39, 0.29) is 23.7 Å². The summed E-state index contributed by atoms with van der Waals surface area (Å²) in [6.07, 6.45) is 0. The molecule has 2 aliphatic heterocycles. The van der Waals surface area contributed by atoms with Gasteiger partial charge in [0.2, 0.25) is 5.91 Å². The highest BCUT2D eigenvalue weighted by Gasteiger charge is 2.43. The zero-order valence-corrected chi connectivity index (χ0v) is 20.0. The third-order valence-electron chi connectivity index (χ3n) is 6.65. The van der Waals surface area contributed by atoms with Crippen LogP contribution in [0.2, 0.25) is 5.02 Å². The van der Waals surface area contributed by atoms with Gasteiger partial charge in [-0.05, 0) is 43.4 Å². The highest BCUT2D eigenvalue weighted by atomic mass is 35.5. The Bertz CT molecular complexity index is 1020. The molecule has 8 heteroatoms. The predicted octanol–water partition coefficient (Wildman–Crippen LogP) is 2.99. The first-order valence-corrected chi connectivity index (χ1v) is 11.5. The molecule has 0 aromatic heterocycles. The van der Waals surface area contributed by atoms with E-state index in [1.807, 2.05) is 23.1 Å². The van der Waals surface area contributed by atoms with E-state index in [4.69, 9.17) is 21.1 Å². The highest BCUT2D eigenvalue weighted by molar-refractivity contribution is 6.30. The SMILES string of the molecule is COc1ccc(OC)c([C@H]2CN(C(=O)c3cccc(Cl)c3)C[C@@H]2C(=O)N2CCN(C)CC2)c1. The van der Waals surface area contributed by atoms with Crippen molar-refractivity contribution >= 4 is 23.4 Å². The summed E-state index contributed by atoms with van der Waals surface area (Å²) in [6, 6.07) is 12.5. The van der Waals surface area contributed by atoms with E-state index in [0.717, 1.165) is 18.7 Å². The van der Waals surface area contributed by atoms with Gasteiger partial charge in [0, 0.05) is 61.3 Å². The summed E-state index contributed by atoms with van der Waals surface area (Å²) in [5, 5.41) is 0.510. The second kappa shape index (κ2) is 10.0. The molecule has 0 unspecified atom stereocenters. The summed E-state index contributed by atoms with van der Waals surface area (Å²) in [5.74, 6) is 0.769. The van der Waals surface area contributed by atoms with Crippen LogP contribution in [0.1, 0.15) is 21.8 Å². The van der Waals surface area contributed by atoms with Crippen LogP contribution in [0, 0.1) is 5.92 Å². The number of methoxy groups -OCH3 is 2. The van der Waals surface area contributed by atoms with E-state index in [0.29, 0.717) is 48.3 Å². The molecule has 0 radical (unpaired) electrons. The highest BCUT2D eigenvalue weighted by Crippen LogP contribution is 2.40. The molecule has 33 heavy (non-hydrogen) atoms. The smallest absolute Gasteiger partial charge is 0.253 e. The van der Waals surface area contributed by atoms with Gasteiger partial charge in [0.1, 0.15) is 11.5 Å². The molecule has 2 amide bonds. The number of carbonyl (C=O) groups excluding carboxylic acids is 2. The zero-order chi connectivity index (χ0) is 23.5. The van der Waals surface area contributed by atoms with Crippen LogP contribution in [-0.2, 0) is 4.79 Å². The van der Waals surface area contributed by atoms with Gasteiger partial charge in [0.25, 0.3) is 5.91 Å². The van der Waals surface area contributed by atoms with Gasteiger partial charge in [-0.2, -0.15) is 0 Å². The third-order valence-corrected chi connectivity index (χ3v) is 6.88. The lowest BCUT2D eigenvalue weighted by Crippen LogP contribution is -2.50. The maximum Gasteiger partial charge on any atom is 0.253 e. The van der Waals surface area contributed by atoms with Gasteiger partial charge in [-0.25, -0.2) is 0 Å². The molecule has 0 N–H and O–H groups in total. The summed E-state index contributed by atoms with van der Waals surface area (Å²) in [4.78, 5) is 32.9. The zero-order valence-electron chi connectivity index (χ0n) is 19.3. The summed E-state index contributed by atoms with van der Waals surface area (Å²) in [6.45, 7) is 3.83. The number of halogens is 1. The number of likely N-dealkylation sites (N-methyl/N-ethyl adjacent to an activating group) is 1. The van der Waals surface area contributed by atoms with E-state index in [9.17, 15) is 9.59 Å². The Morgan fingerprint density at radius 1 is 0.939 bits per heavy atom. The van der Waals surface area contributed by atoms with Crippen molar-refractivity contribution < 1.29 is 19.1 Å². The lowest BCUT2D eigenvalue weighted by molar-refractivity contribution is -0.137. The number of hydrogen-bond donors (Lipinski definition) is 0. The second-order valence-electron chi connectivity index (χ2n) is 8.67. The van der Waals surface area contributed by atoms with Crippen molar-refractivity contribution in [1.82, 2.24) is 14.7 Å². The lowest BCUT2D eigenvalue weighted by atomic mass is 9.87. The quantitative estimate of drug-likeness (QED) is 0.671. The predicted molar refractivity (Wildman–Crippen MR) is 127 cm³/mol. The topological polar surface area (TPSA) is 62.3 Å². The van der Waals surface area contributed by atoms with Crippen LogP contribution in [0.25, 0.3) is 0 Å². The lowest BCUT2D eigenvalue weighted by Gasteiger charge is -2.35. The van der Waals surface area contributed by atoms with Crippen LogP contribution in [0.15, 0.2) is 42.5 Å². The monoisotopic (exact) mass is 471 g/mol. The summed E-state index contributed by atoms with van der Waals surface area (Å²) in [5.41, 5.74) is 1.40. The molecule has 0 aliphatic carbocycles. The fraction of sp³-hybridized carbons (Fsp3) is 0.440. The maximum atomic E-state index is 13.7. The van der Waals surface area contributed by atoms with Gasteiger partial charge >= 0.3 is 0 Å². The largest absolute Gasteiger partial charge is 0.497 e. The molecule has 2 fully saturated rings. The van der Waals surface area contributed by atoms with Crippen molar-refractivity contribution in [2.24, 2.45) is 5.92 Å². The number of hydrogen-bond acceptors (Lipinski definition) is 5. The van der Waals surface area contributed by atoms with Gasteiger partial charge in [0.05, 0.1) is 20.1 Å². The van der Waals surface area contributed by atoms with E-state index in [2.05, 4.69) is 11.9 Å². The molecule has 2 aliphatic rings. The Hall–Kier alpha value is -2.77. The minimum Gasteiger partial charge on any atom is -0.497 e. The van der Waals surface area contributed by atoms with Gasteiger partial charge in [-0.3, -0.25) is 9.59 Å². The van der Waals surface area contributed by atoms with Crippen molar-refractivity contribution in [2.45, 2.75) is 5.92 Å². The Kier molecular flexibility index (Phi) is 7.10. The first-order chi connectivity index (χ1) is 15.9. The second-order valence-corrected chi connectivity index (χ2v) is 9.11.